The predicted octanol–water partition coefficient (Wildman–Crippen LogP) is 2.41. The predicted molar refractivity (Wildman–Crippen MR) is 119 cm³/mol. The minimum absolute atomic E-state index is 0.511. The summed E-state index contributed by atoms with van der Waals surface area (Å²) in [6.45, 7) is 19.4. The molecule has 0 aromatic carbocycles. The van der Waals surface area contributed by atoms with E-state index in [1.54, 1.807) is 0 Å². The Morgan fingerprint density at radius 2 is 1.79 bits per heavy atom. The van der Waals surface area contributed by atoms with E-state index >= 15 is 0 Å². The summed E-state index contributed by atoms with van der Waals surface area (Å²) in [5.41, 5.74) is 0. The van der Waals surface area contributed by atoms with E-state index < -0.39 is 0 Å². The molecule has 6 heteroatoms. The fourth-order valence-corrected chi connectivity index (χ4v) is 4.34. The van der Waals surface area contributed by atoms with Crippen LogP contribution in [0.5, 0.6) is 0 Å². The van der Waals surface area contributed by atoms with Crippen molar-refractivity contribution in [2.24, 2.45) is 16.8 Å². The summed E-state index contributed by atoms with van der Waals surface area (Å²) in [6, 6.07) is 0.511. The van der Waals surface area contributed by atoms with Crippen molar-refractivity contribution < 1.29 is 4.74 Å². The van der Waals surface area contributed by atoms with Crippen molar-refractivity contribution in [1.29, 1.82) is 0 Å². The van der Waals surface area contributed by atoms with Crippen LogP contribution in [0.3, 0.4) is 0 Å². The number of hydrogen-bond acceptors (Lipinski definition) is 4. The molecule has 2 aliphatic heterocycles. The number of likely N-dealkylation sites (tertiary alicyclic amines) is 1. The number of morpholine rings is 1. The van der Waals surface area contributed by atoms with Crippen molar-refractivity contribution in [2.45, 2.75) is 59.4 Å². The number of ether oxygens (including phenoxy) is 1. The molecule has 0 spiro atoms. The smallest absolute Gasteiger partial charge is 0.191 e. The van der Waals surface area contributed by atoms with Crippen LogP contribution >= 0.6 is 0 Å². The lowest BCUT2D eigenvalue weighted by molar-refractivity contribution is 0.0143. The highest BCUT2D eigenvalue weighted by Gasteiger charge is 2.22. The molecule has 1 unspecified atom stereocenters. The van der Waals surface area contributed by atoms with E-state index in [1.165, 1.54) is 45.3 Å². The molecule has 1 atom stereocenters. The molecular weight excluding hydrogens is 350 g/mol. The Bertz CT molecular complexity index is 429. The standard InChI is InChI=1S/C22H45N5O/c1-5-9-26-10-7-20(8-11-26)17-24-22(23-6-2)25-18-21(16-19(3)4)27-12-14-28-15-13-27/h19-21H,5-18H2,1-4H3,(H2,23,24,25). The number of hydrogen-bond donors (Lipinski definition) is 2. The SMILES string of the molecule is CCCN1CCC(CNC(=NCC(CC(C)C)N2CCOCC2)NCC)CC1. The molecule has 0 amide bonds. The zero-order valence-corrected chi connectivity index (χ0v) is 18.9. The molecule has 6 nitrogen and oxygen atoms in total. The first-order valence-corrected chi connectivity index (χ1v) is 11.7. The number of guanidine groups is 1. The maximum absolute atomic E-state index is 5.54. The second kappa shape index (κ2) is 13.4. The quantitative estimate of drug-likeness (QED) is 0.439. The van der Waals surface area contributed by atoms with Crippen LogP contribution in [0, 0.1) is 11.8 Å². The normalized spacial score (nSPS) is 21.8. The highest BCUT2D eigenvalue weighted by atomic mass is 16.5. The summed E-state index contributed by atoms with van der Waals surface area (Å²) >= 11 is 0. The first kappa shape index (κ1) is 23.4. The zero-order chi connectivity index (χ0) is 20.2. The lowest BCUT2D eigenvalue weighted by Gasteiger charge is -2.35. The van der Waals surface area contributed by atoms with Crippen LogP contribution in [0.1, 0.15) is 53.4 Å². The van der Waals surface area contributed by atoms with Gasteiger partial charge < -0.3 is 20.3 Å². The molecule has 0 bridgehead atoms. The number of rotatable bonds is 10. The molecule has 0 aromatic rings. The van der Waals surface area contributed by atoms with Crippen LogP contribution in [0.2, 0.25) is 0 Å². The van der Waals surface area contributed by atoms with Crippen molar-refractivity contribution >= 4 is 5.96 Å². The van der Waals surface area contributed by atoms with Crippen LogP contribution < -0.4 is 10.6 Å². The first-order valence-electron chi connectivity index (χ1n) is 11.7. The van der Waals surface area contributed by atoms with Crippen LogP contribution in [0.15, 0.2) is 4.99 Å². The first-order chi connectivity index (χ1) is 13.6. The van der Waals surface area contributed by atoms with E-state index in [9.17, 15) is 0 Å². The Morgan fingerprint density at radius 3 is 2.39 bits per heavy atom. The molecule has 0 aliphatic carbocycles. The number of aliphatic imine (C=N–C) groups is 1. The minimum Gasteiger partial charge on any atom is -0.379 e. The molecule has 28 heavy (non-hydrogen) atoms. The second-order valence-corrected chi connectivity index (χ2v) is 8.82. The Morgan fingerprint density at radius 1 is 1.07 bits per heavy atom. The van der Waals surface area contributed by atoms with E-state index in [0.29, 0.717) is 12.0 Å². The average Bonchev–Trinajstić information content (AvgIpc) is 2.70. The molecule has 2 heterocycles. The topological polar surface area (TPSA) is 52.1 Å². The lowest BCUT2D eigenvalue weighted by Crippen LogP contribution is -2.47. The van der Waals surface area contributed by atoms with Crippen LogP contribution in [0.25, 0.3) is 0 Å². The third-order valence-electron chi connectivity index (χ3n) is 5.92. The second-order valence-electron chi connectivity index (χ2n) is 8.82. The Labute approximate surface area is 173 Å². The molecule has 2 rings (SSSR count). The van der Waals surface area contributed by atoms with Crippen LogP contribution in [-0.2, 0) is 4.74 Å². The molecule has 2 aliphatic rings. The monoisotopic (exact) mass is 395 g/mol. The van der Waals surface area contributed by atoms with Gasteiger partial charge in [-0.15, -0.1) is 0 Å². The number of nitrogens with one attached hydrogen (secondary N) is 2. The summed E-state index contributed by atoms with van der Waals surface area (Å²) in [6.07, 6.45) is 5.06. The van der Waals surface area contributed by atoms with Gasteiger partial charge in [0, 0.05) is 32.2 Å². The average molecular weight is 396 g/mol. The van der Waals surface area contributed by atoms with E-state index in [0.717, 1.165) is 57.8 Å². The number of piperidine rings is 1. The minimum atomic E-state index is 0.511. The maximum Gasteiger partial charge on any atom is 0.191 e. The lowest BCUT2D eigenvalue weighted by atomic mass is 9.97. The molecule has 0 saturated carbocycles. The molecule has 0 radical (unpaired) electrons. The summed E-state index contributed by atoms with van der Waals surface area (Å²) in [4.78, 5) is 10.1. The molecule has 2 N–H and O–H groups in total. The van der Waals surface area contributed by atoms with E-state index in [-0.39, 0.29) is 0 Å². The van der Waals surface area contributed by atoms with E-state index in [4.69, 9.17) is 9.73 Å². The van der Waals surface area contributed by atoms with Gasteiger partial charge in [-0.1, -0.05) is 20.8 Å². The van der Waals surface area contributed by atoms with Gasteiger partial charge in [-0.25, -0.2) is 0 Å². The maximum atomic E-state index is 5.54. The van der Waals surface area contributed by atoms with Gasteiger partial charge in [0.25, 0.3) is 0 Å². The zero-order valence-electron chi connectivity index (χ0n) is 18.9. The van der Waals surface area contributed by atoms with Crippen LogP contribution in [-0.4, -0.2) is 87.4 Å². The summed E-state index contributed by atoms with van der Waals surface area (Å²) in [7, 11) is 0. The van der Waals surface area contributed by atoms with Crippen LogP contribution in [0.4, 0.5) is 0 Å². The third-order valence-corrected chi connectivity index (χ3v) is 5.92. The molecule has 2 fully saturated rings. The van der Waals surface area contributed by atoms with Crippen molar-refractivity contribution in [3.05, 3.63) is 0 Å². The Kier molecular flexibility index (Phi) is 11.2. The van der Waals surface area contributed by atoms with Gasteiger partial charge in [0.1, 0.15) is 0 Å². The van der Waals surface area contributed by atoms with Gasteiger partial charge in [-0.3, -0.25) is 9.89 Å². The largest absolute Gasteiger partial charge is 0.379 e. The van der Waals surface area contributed by atoms with Gasteiger partial charge in [0.15, 0.2) is 5.96 Å². The van der Waals surface area contributed by atoms with Gasteiger partial charge in [0.05, 0.1) is 19.8 Å². The molecule has 164 valence electrons. The van der Waals surface area contributed by atoms with E-state index in [1.807, 2.05) is 0 Å². The van der Waals surface area contributed by atoms with Gasteiger partial charge in [-0.05, 0) is 64.1 Å². The molecule has 0 aromatic heterocycles. The third kappa shape index (κ3) is 8.66. The van der Waals surface area contributed by atoms with E-state index in [2.05, 4.69) is 48.1 Å². The Hall–Kier alpha value is -0.850. The molecule has 2 saturated heterocycles. The van der Waals surface area contributed by atoms with Gasteiger partial charge in [-0.2, -0.15) is 0 Å². The van der Waals surface area contributed by atoms with Crippen molar-refractivity contribution in [1.82, 2.24) is 20.4 Å². The van der Waals surface area contributed by atoms with Crippen molar-refractivity contribution in [2.75, 3.05) is 65.6 Å². The Balaban J connectivity index is 1.83. The molecular formula is C22H45N5O. The van der Waals surface area contributed by atoms with Crippen molar-refractivity contribution in [3.63, 3.8) is 0 Å². The summed E-state index contributed by atoms with van der Waals surface area (Å²) in [5.74, 6) is 2.44. The summed E-state index contributed by atoms with van der Waals surface area (Å²) in [5, 5.41) is 7.07. The van der Waals surface area contributed by atoms with Gasteiger partial charge >= 0.3 is 0 Å². The highest BCUT2D eigenvalue weighted by Crippen LogP contribution is 2.17. The highest BCUT2D eigenvalue weighted by molar-refractivity contribution is 5.79. The van der Waals surface area contributed by atoms with Crippen molar-refractivity contribution in [3.8, 4) is 0 Å². The summed E-state index contributed by atoms with van der Waals surface area (Å²) < 4.78 is 5.54. The number of nitrogens with zero attached hydrogens (tertiary/aromatic N) is 3. The fourth-order valence-electron chi connectivity index (χ4n) is 4.34. The fraction of sp³-hybridized carbons (Fsp3) is 0.955. The van der Waals surface area contributed by atoms with Gasteiger partial charge in [0.2, 0.25) is 0 Å².